The predicted molar refractivity (Wildman–Crippen MR) is 115 cm³/mol. The number of pyridine rings is 1. The Morgan fingerprint density at radius 3 is 2.67 bits per heavy atom. The van der Waals surface area contributed by atoms with Gasteiger partial charge in [0.2, 0.25) is 0 Å². The molecule has 1 fully saturated rings. The summed E-state index contributed by atoms with van der Waals surface area (Å²) in [6, 6.07) is 7.93. The molecule has 0 atom stereocenters. The SMILES string of the molecule is N=Cc1cnc(Nc2cc(N3CCOCC3)ncn2)cc1Nc1c(F)cccc1Cl. The van der Waals surface area contributed by atoms with Gasteiger partial charge in [0.25, 0.3) is 0 Å². The van der Waals surface area contributed by atoms with Crippen LogP contribution in [-0.4, -0.2) is 47.5 Å². The second-order valence-corrected chi connectivity index (χ2v) is 6.92. The highest BCUT2D eigenvalue weighted by Crippen LogP contribution is 2.30. The minimum Gasteiger partial charge on any atom is -0.378 e. The Kier molecular flexibility index (Phi) is 6.01. The van der Waals surface area contributed by atoms with E-state index in [-0.39, 0.29) is 10.7 Å². The van der Waals surface area contributed by atoms with Crippen LogP contribution < -0.4 is 15.5 Å². The zero-order valence-electron chi connectivity index (χ0n) is 15.9. The summed E-state index contributed by atoms with van der Waals surface area (Å²) < 4.78 is 19.6. The minimum absolute atomic E-state index is 0.135. The van der Waals surface area contributed by atoms with Gasteiger partial charge in [0.15, 0.2) is 0 Å². The van der Waals surface area contributed by atoms with Crippen LogP contribution in [0.5, 0.6) is 0 Å². The van der Waals surface area contributed by atoms with E-state index >= 15 is 0 Å². The number of aromatic nitrogens is 3. The predicted octanol–water partition coefficient (Wildman–Crippen LogP) is 3.99. The lowest BCUT2D eigenvalue weighted by Gasteiger charge is -2.27. The Bertz CT molecular complexity index is 1040. The highest BCUT2D eigenvalue weighted by Gasteiger charge is 2.14. The fourth-order valence-electron chi connectivity index (χ4n) is 3.02. The van der Waals surface area contributed by atoms with Crippen molar-refractivity contribution in [1.29, 1.82) is 5.41 Å². The van der Waals surface area contributed by atoms with Crippen LogP contribution in [0, 0.1) is 11.2 Å². The monoisotopic (exact) mass is 427 g/mol. The number of morpholine rings is 1. The average Bonchev–Trinajstić information content (AvgIpc) is 2.77. The molecule has 0 aliphatic carbocycles. The Labute approximate surface area is 177 Å². The summed E-state index contributed by atoms with van der Waals surface area (Å²) in [4.78, 5) is 15.0. The van der Waals surface area contributed by atoms with E-state index < -0.39 is 5.82 Å². The molecule has 8 nitrogen and oxygen atoms in total. The van der Waals surface area contributed by atoms with Crippen LogP contribution in [0.15, 0.2) is 42.9 Å². The van der Waals surface area contributed by atoms with E-state index in [1.165, 1.54) is 24.7 Å². The van der Waals surface area contributed by atoms with Crippen molar-refractivity contribution < 1.29 is 9.13 Å². The first kappa shape index (κ1) is 20.0. The van der Waals surface area contributed by atoms with Gasteiger partial charge in [-0.2, -0.15) is 0 Å². The summed E-state index contributed by atoms with van der Waals surface area (Å²) in [6.45, 7) is 2.85. The van der Waals surface area contributed by atoms with E-state index in [9.17, 15) is 4.39 Å². The summed E-state index contributed by atoms with van der Waals surface area (Å²) in [6.07, 6.45) is 4.13. The number of para-hydroxylation sites is 1. The van der Waals surface area contributed by atoms with E-state index in [2.05, 4.69) is 30.5 Å². The Morgan fingerprint density at radius 2 is 1.90 bits per heavy atom. The summed E-state index contributed by atoms with van der Waals surface area (Å²) in [7, 11) is 0. The molecule has 4 rings (SSSR count). The third-order valence-corrected chi connectivity index (χ3v) is 4.87. The van der Waals surface area contributed by atoms with Gasteiger partial charge in [-0.3, -0.25) is 0 Å². The van der Waals surface area contributed by atoms with Crippen molar-refractivity contribution in [3.05, 3.63) is 59.3 Å². The quantitative estimate of drug-likeness (QED) is 0.511. The molecule has 10 heteroatoms. The summed E-state index contributed by atoms with van der Waals surface area (Å²) in [5.74, 6) is 1.35. The lowest BCUT2D eigenvalue weighted by molar-refractivity contribution is 0.122. The lowest BCUT2D eigenvalue weighted by Crippen LogP contribution is -2.36. The van der Waals surface area contributed by atoms with Gasteiger partial charge >= 0.3 is 0 Å². The number of benzene rings is 1. The normalized spacial score (nSPS) is 13.7. The molecule has 3 N–H and O–H groups in total. The molecule has 1 aromatic carbocycles. The number of anilines is 5. The molecule has 2 aromatic heterocycles. The molecule has 0 bridgehead atoms. The van der Waals surface area contributed by atoms with Crippen molar-refractivity contribution in [2.45, 2.75) is 0 Å². The molecule has 1 aliphatic rings. The van der Waals surface area contributed by atoms with Crippen LogP contribution in [0.1, 0.15) is 5.56 Å². The van der Waals surface area contributed by atoms with Crippen LogP contribution in [0.3, 0.4) is 0 Å². The van der Waals surface area contributed by atoms with E-state index in [0.717, 1.165) is 25.1 Å². The molecule has 30 heavy (non-hydrogen) atoms. The first-order chi connectivity index (χ1) is 14.6. The molecular formula is C20H19ClFN7O. The van der Waals surface area contributed by atoms with Crippen molar-refractivity contribution in [2.24, 2.45) is 0 Å². The van der Waals surface area contributed by atoms with E-state index in [1.54, 1.807) is 12.1 Å². The van der Waals surface area contributed by atoms with Gasteiger partial charge in [-0.25, -0.2) is 19.3 Å². The zero-order chi connectivity index (χ0) is 20.9. The van der Waals surface area contributed by atoms with E-state index in [4.69, 9.17) is 21.7 Å². The van der Waals surface area contributed by atoms with Crippen LogP contribution in [-0.2, 0) is 4.74 Å². The summed E-state index contributed by atoms with van der Waals surface area (Å²) in [5, 5.41) is 13.9. The number of hydrogen-bond acceptors (Lipinski definition) is 8. The van der Waals surface area contributed by atoms with Crippen LogP contribution >= 0.6 is 11.6 Å². The molecule has 1 aliphatic heterocycles. The van der Waals surface area contributed by atoms with Crippen LogP contribution in [0.4, 0.5) is 33.2 Å². The summed E-state index contributed by atoms with van der Waals surface area (Å²) in [5.41, 5.74) is 1.10. The van der Waals surface area contributed by atoms with Gasteiger partial charge in [0.05, 0.1) is 29.6 Å². The topological polar surface area (TPSA) is 99.1 Å². The van der Waals surface area contributed by atoms with Crippen LogP contribution in [0.2, 0.25) is 5.02 Å². The van der Waals surface area contributed by atoms with E-state index in [0.29, 0.717) is 36.1 Å². The smallest absolute Gasteiger partial charge is 0.148 e. The largest absolute Gasteiger partial charge is 0.378 e. The molecule has 0 amide bonds. The maximum atomic E-state index is 14.2. The molecule has 3 heterocycles. The van der Waals surface area contributed by atoms with Gasteiger partial charge in [-0.15, -0.1) is 0 Å². The van der Waals surface area contributed by atoms with Crippen molar-refractivity contribution in [1.82, 2.24) is 15.0 Å². The number of halogens is 2. The standard InChI is InChI=1S/C20H19ClFN7O/c21-14-2-1-3-15(22)20(14)27-16-8-17(24-11-13(16)10-23)28-18-9-19(26-12-25-18)29-4-6-30-7-5-29/h1-3,8-12,23H,4-7H2,(H2,24,25,26,27,28). The van der Waals surface area contributed by atoms with E-state index in [1.807, 2.05) is 6.07 Å². The average molecular weight is 428 g/mol. The van der Waals surface area contributed by atoms with Crippen molar-refractivity contribution in [2.75, 3.05) is 41.8 Å². The number of nitrogens with zero attached hydrogens (tertiary/aromatic N) is 4. The Balaban J connectivity index is 1.58. The molecular weight excluding hydrogens is 409 g/mol. The second-order valence-electron chi connectivity index (χ2n) is 6.51. The lowest BCUT2D eigenvalue weighted by atomic mass is 10.2. The minimum atomic E-state index is -0.490. The van der Waals surface area contributed by atoms with Crippen molar-refractivity contribution in [3.63, 3.8) is 0 Å². The molecule has 0 unspecified atom stereocenters. The number of nitrogens with one attached hydrogen (secondary N) is 3. The second kappa shape index (κ2) is 9.02. The van der Waals surface area contributed by atoms with Gasteiger partial charge in [0, 0.05) is 43.2 Å². The first-order valence-corrected chi connectivity index (χ1v) is 9.65. The molecule has 0 saturated carbocycles. The van der Waals surface area contributed by atoms with Crippen molar-refractivity contribution in [3.8, 4) is 0 Å². The third-order valence-electron chi connectivity index (χ3n) is 4.56. The zero-order valence-corrected chi connectivity index (χ0v) is 16.7. The van der Waals surface area contributed by atoms with Gasteiger partial charge in [-0.05, 0) is 12.1 Å². The van der Waals surface area contributed by atoms with Gasteiger partial charge in [0.1, 0.15) is 29.6 Å². The third kappa shape index (κ3) is 4.47. The highest BCUT2D eigenvalue weighted by molar-refractivity contribution is 6.33. The Morgan fingerprint density at radius 1 is 1.10 bits per heavy atom. The molecule has 154 valence electrons. The van der Waals surface area contributed by atoms with Crippen LogP contribution in [0.25, 0.3) is 0 Å². The van der Waals surface area contributed by atoms with Gasteiger partial charge < -0.3 is 25.7 Å². The number of hydrogen-bond donors (Lipinski definition) is 3. The Hall–Kier alpha value is -3.30. The number of rotatable bonds is 6. The molecule has 3 aromatic rings. The first-order valence-electron chi connectivity index (χ1n) is 9.27. The van der Waals surface area contributed by atoms with Crippen molar-refractivity contribution >= 4 is 46.6 Å². The fraction of sp³-hybridized carbons (Fsp3) is 0.200. The molecule has 0 radical (unpaired) electrons. The molecule has 1 saturated heterocycles. The highest BCUT2D eigenvalue weighted by atomic mass is 35.5. The molecule has 0 spiro atoms. The maximum Gasteiger partial charge on any atom is 0.148 e. The fourth-order valence-corrected chi connectivity index (χ4v) is 3.23. The van der Waals surface area contributed by atoms with Gasteiger partial charge in [-0.1, -0.05) is 17.7 Å². The number of ether oxygens (including phenoxy) is 1. The maximum absolute atomic E-state index is 14.2. The summed E-state index contributed by atoms with van der Waals surface area (Å²) >= 11 is 6.11.